The van der Waals surface area contributed by atoms with E-state index < -0.39 is 5.97 Å². The van der Waals surface area contributed by atoms with Gasteiger partial charge in [-0.05, 0) is 98.4 Å². The van der Waals surface area contributed by atoms with Gasteiger partial charge in [-0.2, -0.15) is 0 Å². The van der Waals surface area contributed by atoms with Crippen molar-refractivity contribution in [2.75, 3.05) is 26.9 Å². The molecule has 0 aliphatic carbocycles. The molecular weight excluding hydrogens is 460 g/mol. The maximum Gasteiger partial charge on any atom is 0.335 e. The minimum absolute atomic E-state index is 0.0985. The second kappa shape index (κ2) is 17.9. The molecule has 0 aromatic heterocycles. The molecule has 0 aliphatic heterocycles. The number of methoxy groups -OCH3 is 1. The van der Waals surface area contributed by atoms with Crippen LogP contribution in [-0.2, 0) is 40.0 Å². The largest absolute Gasteiger partial charge is 0.462 e. The van der Waals surface area contributed by atoms with Crippen LogP contribution >= 0.6 is 0 Å². The second-order valence-electron chi connectivity index (χ2n) is 10.3. The third-order valence-electron chi connectivity index (χ3n) is 7.13. The van der Waals surface area contributed by atoms with Crippen molar-refractivity contribution in [3.63, 3.8) is 0 Å². The van der Waals surface area contributed by atoms with Gasteiger partial charge in [-0.15, -0.1) is 0 Å². The summed E-state index contributed by atoms with van der Waals surface area (Å²) in [7, 11) is 1.74. The van der Waals surface area contributed by atoms with Crippen LogP contribution in [0.1, 0.15) is 79.7 Å². The number of benzene rings is 2. The number of aryl methyl sites for hydroxylation is 5. The fraction of sp³-hybridized carbons (Fsp3) is 0.545. The molecule has 0 saturated heterocycles. The van der Waals surface area contributed by atoms with Crippen molar-refractivity contribution in [1.29, 1.82) is 0 Å². The van der Waals surface area contributed by atoms with Crippen molar-refractivity contribution in [3.8, 4) is 0 Å². The van der Waals surface area contributed by atoms with Crippen molar-refractivity contribution in [1.82, 2.24) is 0 Å². The van der Waals surface area contributed by atoms with Gasteiger partial charge in [0.15, 0.2) is 0 Å². The summed E-state index contributed by atoms with van der Waals surface area (Å²) in [6, 6.07) is 16.1. The van der Waals surface area contributed by atoms with Crippen LogP contribution in [0.4, 0.5) is 0 Å². The number of esters is 1. The lowest BCUT2D eigenvalue weighted by molar-refractivity contribution is -0.139. The maximum absolute atomic E-state index is 11.6. The van der Waals surface area contributed by atoms with Crippen LogP contribution in [0.5, 0.6) is 0 Å². The fourth-order valence-electron chi connectivity index (χ4n) is 4.77. The number of carbonyl (C=O) groups is 1. The molecule has 1 N–H and O–H groups in total. The Bertz CT molecular complexity index is 932. The highest BCUT2D eigenvalue weighted by atomic mass is 16.5. The molecule has 4 heteroatoms. The van der Waals surface area contributed by atoms with Crippen molar-refractivity contribution in [2.45, 2.75) is 84.5 Å². The van der Waals surface area contributed by atoms with Gasteiger partial charge >= 0.3 is 5.97 Å². The van der Waals surface area contributed by atoms with Crippen molar-refractivity contribution >= 4 is 5.97 Å². The van der Waals surface area contributed by atoms with E-state index in [2.05, 4.69) is 62.9 Å². The van der Waals surface area contributed by atoms with Gasteiger partial charge in [-0.25, -0.2) is 4.79 Å². The summed E-state index contributed by atoms with van der Waals surface area (Å²) in [5, 5.41) is 8.93. The molecule has 2 aromatic carbocycles. The van der Waals surface area contributed by atoms with E-state index in [0.717, 1.165) is 51.6 Å². The first kappa shape index (κ1) is 30.8. The highest BCUT2D eigenvalue weighted by Crippen LogP contribution is 2.19. The zero-order valence-electron chi connectivity index (χ0n) is 23.4. The lowest BCUT2D eigenvalue weighted by Gasteiger charge is -2.16. The molecule has 0 aliphatic rings. The Labute approximate surface area is 225 Å². The third kappa shape index (κ3) is 12.1. The Hall–Kier alpha value is -2.43. The minimum atomic E-state index is -0.514. The van der Waals surface area contributed by atoms with E-state index in [0.29, 0.717) is 12.5 Å². The zero-order chi connectivity index (χ0) is 26.9. The van der Waals surface area contributed by atoms with Gasteiger partial charge in [-0.3, -0.25) is 0 Å². The van der Waals surface area contributed by atoms with Gasteiger partial charge < -0.3 is 14.6 Å². The first-order valence-corrected chi connectivity index (χ1v) is 14.1. The average Bonchev–Trinajstić information content (AvgIpc) is 2.91. The van der Waals surface area contributed by atoms with Crippen LogP contribution in [-0.4, -0.2) is 38.0 Å². The van der Waals surface area contributed by atoms with E-state index in [1.54, 1.807) is 7.11 Å². The SMILES string of the molecule is C=C(CO)C(=O)OCCCC(CCCc1ccc(CCc2ccc(CCCCC)c(C)c2)cc1)COC. The van der Waals surface area contributed by atoms with E-state index in [-0.39, 0.29) is 12.2 Å². The first-order valence-electron chi connectivity index (χ1n) is 14.1. The van der Waals surface area contributed by atoms with E-state index in [1.807, 2.05) is 0 Å². The van der Waals surface area contributed by atoms with Gasteiger partial charge in [-0.1, -0.05) is 68.8 Å². The molecule has 1 unspecified atom stereocenters. The predicted octanol–water partition coefficient (Wildman–Crippen LogP) is 6.97. The molecular formula is C33H48O4. The zero-order valence-corrected chi connectivity index (χ0v) is 23.4. The molecule has 0 bridgehead atoms. The number of hydrogen-bond donors (Lipinski definition) is 1. The molecule has 0 heterocycles. The molecule has 0 amide bonds. The molecule has 37 heavy (non-hydrogen) atoms. The van der Waals surface area contributed by atoms with Gasteiger partial charge in [0.1, 0.15) is 0 Å². The predicted molar refractivity (Wildman–Crippen MR) is 153 cm³/mol. The Morgan fingerprint density at radius 1 is 0.892 bits per heavy atom. The lowest BCUT2D eigenvalue weighted by atomic mass is 9.95. The molecule has 2 rings (SSSR count). The number of unbranched alkanes of at least 4 members (excludes halogenated alkanes) is 2. The second-order valence-corrected chi connectivity index (χ2v) is 10.3. The van der Waals surface area contributed by atoms with Crippen LogP contribution in [0.15, 0.2) is 54.6 Å². The number of hydrogen-bond acceptors (Lipinski definition) is 4. The standard InChI is InChI=1S/C33H48O4/c1-5-6-7-13-32-21-20-30(23-26(32)2)19-18-29-16-14-28(15-17-29)10-8-11-31(25-36-4)12-9-22-37-33(35)27(3)24-34/h14-17,20-21,23,31,34H,3,5-13,18-19,22,24-25H2,1-2,4H3. The van der Waals surface area contributed by atoms with Crippen LogP contribution in [0, 0.1) is 12.8 Å². The monoisotopic (exact) mass is 508 g/mol. The summed E-state index contributed by atoms with van der Waals surface area (Å²) in [5.74, 6) is -0.0643. The Morgan fingerprint density at radius 2 is 1.54 bits per heavy atom. The van der Waals surface area contributed by atoms with Gasteiger partial charge in [0, 0.05) is 13.7 Å². The van der Waals surface area contributed by atoms with Gasteiger partial charge in [0.2, 0.25) is 0 Å². The highest BCUT2D eigenvalue weighted by Gasteiger charge is 2.11. The molecule has 0 saturated carbocycles. The number of carbonyl (C=O) groups excluding carboxylic acids is 1. The summed E-state index contributed by atoms with van der Waals surface area (Å²) in [6.07, 6.45) is 12.2. The topological polar surface area (TPSA) is 55.8 Å². The summed E-state index contributed by atoms with van der Waals surface area (Å²) < 4.78 is 10.5. The molecule has 0 spiro atoms. The summed E-state index contributed by atoms with van der Waals surface area (Å²) in [4.78, 5) is 11.6. The number of ether oxygens (including phenoxy) is 2. The molecule has 1 atom stereocenters. The summed E-state index contributed by atoms with van der Waals surface area (Å²) in [5.41, 5.74) is 7.23. The Balaban J connectivity index is 1.71. The van der Waals surface area contributed by atoms with Crippen molar-refractivity contribution < 1.29 is 19.4 Å². The van der Waals surface area contributed by atoms with Crippen LogP contribution in [0.2, 0.25) is 0 Å². The number of aliphatic hydroxyl groups is 1. The van der Waals surface area contributed by atoms with Crippen LogP contribution < -0.4 is 0 Å². The normalized spacial score (nSPS) is 11.9. The molecule has 4 nitrogen and oxygen atoms in total. The van der Waals surface area contributed by atoms with Crippen LogP contribution in [0.3, 0.4) is 0 Å². The number of rotatable bonds is 19. The summed E-state index contributed by atoms with van der Waals surface area (Å²) in [6.45, 7) is 8.70. The Kier molecular flexibility index (Phi) is 14.9. The first-order chi connectivity index (χ1) is 18.0. The highest BCUT2D eigenvalue weighted by molar-refractivity contribution is 5.87. The van der Waals surface area contributed by atoms with Crippen molar-refractivity contribution in [3.05, 3.63) is 82.4 Å². The quantitative estimate of drug-likeness (QED) is 0.126. The Morgan fingerprint density at radius 3 is 2.19 bits per heavy atom. The van der Waals surface area contributed by atoms with E-state index in [1.165, 1.54) is 53.5 Å². The van der Waals surface area contributed by atoms with E-state index >= 15 is 0 Å². The summed E-state index contributed by atoms with van der Waals surface area (Å²) >= 11 is 0. The van der Waals surface area contributed by atoms with Gasteiger partial charge in [0.05, 0.1) is 18.8 Å². The van der Waals surface area contributed by atoms with E-state index in [4.69, 9.17) is 14.6 Å². The molecule has 0 radical (unpaired) electrons. The average molecular weight is 509 g/mol. The third-order valence-corrected chi connectivity index (χ3v) is 7.13. The van der Waals surface area contributed by atoms with E-state index in [9.17, 15) is 4.79 Å². The molecule has 204 valence electrons. The number of aliphatic hydroxyl groups excluding tert-OH is 1. The van der Waals surface area contributed by atoms with Gasteiger partial charge in [0.25, 0.3) is 0 Å². The fourth-order valence-corrected chi connectivity index (χ4v) is 4.77. The smallest absolute Gasteiger partial charge is 0.335 e. The maximum atomic E-state index is 11.6. The van der Waals surface area contributed by atoms with Crippen LogP contribution in [0.25, 0.3) is 0 Å². The molecule has 0 fully saturated rings. The lowest BCUT2D eigenvalue weighted by Crippen LogP contribution is -2.13. The van der Waals surface area contributed by atoms with Crippen molar-refractivity contribution in [2.24, 2.45) is 5.92 Å². The minimum Gasteiger partial charge on any atom is -0.462 e. The molecule has 2 aromatic rings.